The Labute approximate surface area is 162 Å². The molecule has 0 bridgehead atoms. The zero-order valence-electron chi connectivity index (χ0n) is 15.0. The number of hydrogen-bond donors (Lipinski definition) is 1. The molecule has 1 fully saturated rings. The van der Waals surface area contributed by atoms with Crippen LogP contribution in [0.15, 0.2) is 71.9 Å². The van der Waals surface area contributed by atoms with E-state index in [0.29, 0.717) is 17.1 Å². The monoisotopic (exact) mass is 390 g/mol. The van der Waals surface area contributed by atoms with Crippen LogP contribution in [0.2, 0.25) is 0 Å². The number of hydrogen-bond acceptors (Lipinski definition) is 5. The van der Waals surface area contributed by atoms with Crippen LogP contribution in [0.3, 0.4) is 0 Å². The first-order chi connectivity index (χ1) is 13.6. The number of benzene rings is 2. The van der Waals surface area contributed by atoms with Gasteiger partial charge in [-0.15, -0.1) is 0 Å². The third-order valence-electron chi connectivity index (χ3n) is 5.09. The number of rotatable bonds is 4. The van der Waals surface area contributed by atoms with Crippen LogP contribution in [0.5, 0.6) is 0 Å². The van der Waals surface area contributed by atoms with Gasteiger partial charge in [-0.25, -0.2) is 22.4 Å². The van der Waals surface area contributed by atoms with Gasteiger partial charge in [0.25, 0.3) is 10.0 Å². The molecule has 6 nitrogen and oxygen atoms in total. The van der Waals surface area contributed by atoms with Crippen molar-refractivity contribution in [3.05, 3.63) is 72.6 Å². The van der Waals surface area contributed by atoms with Crippen molar-refractivity contribution < 1.29 is 8.42 Å². The Kier molecular flexibility index (Phi) is 3.73. The van der Waals surface area contributed by atoms with Crippen LogP contribution < -0.4 is 5.73 Å². The molecule has 0 atom stereocenters. The average Bonchev–Trinajstić information content (AvgIpc) is 3.48. The van der Waals surface area contributed by atoms with Gasteiger partial charge in [0.15, 0.2) is 0 Å². The number of nitrogens with zero attached hydrogens (tertiary/aromatic N) is 3. The van der Waals surface area contributed by atoms with Gasteiger partial charge in [-0.3, -0.25) is 0 Å². The molecule has 0 saturated heterocycles. The molecule has 0 radical (unpaired) electrons. The van der Waals surface area contributed by atoms with Crippen molar-refractivity contribution >= 4 is 26.9 Å². The van der Waals surface area contributed by atoms with Crippen LogP contribution in [-0.4, -0.2) is 22.4 Å². The summed E-state index contributed by atoms with van der Waals surface area (Å²) in [5.41, 5.74) is 8.97. The maximum atomic E-state index is 13.3. The molecule has 28 heavy (non-hydrogen) atoms. The molecule has 1 saturated carbocycles. The highest BCUT2D eigenvalue weighted by molar-refractivity contribution is 7.90. The van der Waals surface area contributed by atoms with Gasteiger partial charge in [-0.2, -0.15) is 0 Å². The number of nitrogen functional groups attached to an aromatic ring is 1. The van der Waals surface area contributed by atoms with Crippen LogP contribution >= 0.6 is 0 Å². The Bertz CT molecular complexity index is 1290. The van der Waals surface area contributed by atoms with Gasteiger partial charge in [0.1, 0.15) is 0 Å². The number of fused-ring (bicyclic) bond motifs is 1. The zero-order chi connectivity index (χ0) is 19.3. The Morgan fingerprint density at radius 3 is 2.46 bits per heavy atom. The number of nitrogens with two attached hydrogens (primary N) is 1. The van der Waals surface area contributed by atoms with Crippen molar-refractivity contribution in [2.75, 3.05) is 5.73 Å². The van der Waals surface area contributed by atoms with E-state index in [1.165, 1.54) is 3.97 Å². The fraction of sp³-hybridized carbons (Fsp3) is 0.143. The Morgan fingerprint density at radius 2 is 1.71 bits per heavy atom. The van der Waals surface area contributed by atoms with Crippen molar-refractivity contribution in [2.24, 2.45) is 0 Å². The summed E-state index contributed by atoms with van der Waals surface area (Å²) >= 11 is 0. The van der Waals surface area contributed by atoms with Crippen LogP contribution in [0.4, 0.5) is 5.95 Å². The largest absolute Gasteiger partial charge is 0.368 e. The minimum atomic E-state index is -3.74. The minimum Gasteiger partial charge on any atom is -0.368 e. The van der Waals surface area contributed by atoms with Crippen LogP contribution in [-0.2, 0) is 10.0 Å². The van der Waals surface area contributed by atoms with Gasteiger partial charge < -0.3 is 5.73 Å². The SMILES string of the molecule is Nc1ncc(C2CC2)c(-c2cn(S(=O)(=O)c3ccccc3)c3ccccc23)n1. The van der Waals surface area contributed by atoms with Gasteiger partial charge in [-0.1, -0.05) is 36.4 Å². The van der Waals surface area contributed by atoms with Crippen LogP contribution in [0.1, 0.15) is 24.3 Å². The second-order valence-electron chi connectivity index (χ2n) is 6.98. The molecule has 0 aliphatic heterocycles. The van der Waals surface area contributed by atoms with Crippen molar-refractivity contribution in [2.45, 2.75) is 23.7 Å². The maximum absolute atomic E-state index is 13.3. The minimum absolute atomic E-state index is 0.183. The summed E-state index contributed by atoms with van der Waals surface area (Å²) in [5.74, 6) is 0.589. The van der Waals surface area contributed by atoms with Crippen LogP contribution in [0.25, 0.3) is 22.2 Å². The fourth-order valence-corrected chi connectivity index (χ4v) is 4.95. The topological polar surface area (TPSA) is 90.9 Å². The van der Waals surface area contributed by atoms with Gasteiger partial charge in [0.2, 0.25) is 5.95 Å². The summed E-state index contributed by atoms with van der Waals surface area (Å²) in [6.07, 6.45) is 5.59. The molecule has 0 spiro atoms. The lowest BCUT2D eigenvalue weighted by molar-refractivity contribution is 0.589. The zero-order valence-corrected chi connectivity index (χ0v) is 15.8. The highest BCUT2D eigenvalue weighted by Gasteiger charge is 2.30. The van der Waals surface area contributed by atoms with E-state index in [9.17, 15) is 8.42 Å². The van der Waals surface area contributed by atoms with E-state index in [4.69, 9.17) is 5.73 Å². The lowest BCUT2D eigenvalue weighted by Crippen LogP contribution is -2.11. The molecule has 5 rings (SSSR count). The normalized spacial score (nSPS) is 14.4. The second-order valence-corrected chi connectivity index (χ2v) is 8.80. The third kappa shape index (κ3) is 2.66. The van der Waals surface area contributed by atoms with E-state index in [1.54, 1.807) is 48.8 Å². The highest BCUT2D eigenvalue weighted by Crippen LogP contribution is 2.45. The van der Waals surface area contributed by atoms with Crippen molar-refractivity contribution in [3.63, 3.8) is 0 Å². The van der Waals surface area contributed by atoms with E-state index < -0.39 is 10.0 Å². The summed E-state index contributed by atoms with van der Waals surface area (Å²) in [4.78, 5) is 8.88. The smallest absolute Gasteiger partial charge is 0.268 e. The number of para-hydroxylation sites is 1. The molecule has 2 heterocycles. The summed E-state index contributed by atoms with van der Waals surface area (Å²) in [6, 6.07) is 15.9. The summed E-state index contributed by atoms with van der Waals surface area (Å²) in [6.45, 7) is 0. The molecule has 7 heteroatoms. The van der Waals surface area contributed by atoms with Crippen molar-refractivity contribution in [1.82, 2.24) is 13.9 Å². The number of aromatic nitrogens is 3. The maximum Gasteiger partial charge on any atom is 0.268 e. The van der Waals surface area contributed by atoms with E-state index in [0.717, 1.165) is 29.4 Å². The Hall–Kier alpha value is -3.19. The first kappa shape index (κ1) is 16.9. The molecule has 1 aliphatic carbocycles. The van der Waals surface area contributed by atoms with Gasteiger partial charge in [0.05, 0.1) is 16.1 Å². The molecule has 0 amide bonds. The summed E-state index contributed by atoms with van der Waals surface area (Å²) < 4.78 is 27.9. The molecule has 140 valence electrons. The predicted octanol–water partition coefficient (Wildman–Crippen LogP) is 3.79. The fourth-order valence-electron chi connectivity index (χ4n) is 3.56. The molecule has 0 unspecified atom stereocenters. The molecular formula is C21H18N4O2S. The summed E-state index contributed by atoms with van der Waals surface area (Å²) in [7, 11) is -3.74. The Balaban J connectivity index is 1.79. The number of anilines is 1. The highest BCUT2D eigenvalue weighted by atomic mass is 32.2. The Morgan fingerprint density at radius 1 is 1.00 bits per heavy atom. The van der Waals surface area contributed by atoms with E-state index in [1.807, 2.05) is 18.2 Å². The summed E-state index contributed by atoms with van der Waals surface area (Å²) in [5, 5.41) is 0.821. The first-order valence-electron chi connectivity index (χ1n) is 9.09. The van der Waals surface area contributed by atoms with Crippen molar-refractivity contribution in [3.8, 4) is 11.3 Å². The molecule has 1 aliphatic rings. The van der Waals surface area contributed by atoms with Gasteiger partial charge >= 0.3 is 0 Å². The van der Waals surface area contributed by atoms with Gasteiger partial charge in [0, 0.05) is 28.9 Å². The molecule has 2 N–H and O–H groups in total. The van der Waals surface area contributed by atoms with E-state index >= 15 is 0 Å². The molecule has 4 aromatic rings. The van der Waals surface area contributed by atoms with Crippen molar-refractivity contribution in [1.29, 1.82) is 0 Å². The van der Waals surface area contributed by atoms with E-state index in [2.05, 4.69) is 9.97 Å². The predicted molar refractivity (Wildman–Crippen MR) is 108 cm³/mol. The average molecular weight is 390 g/mol. The van der Waals surface area contributed by atoms with Crippen LogP contribution in [0, 0.1) is 0 Å². The second kappa shape index (κ2) is 6.17. The van der Waals surface area contributed by atoms with E-state index in [-0.39, 0.29) is 10.8 Å². The molecule has 2 aromatic carbocycles. The lowest BCUT2D eigenvalue weighted by atomic mass is 10.0. The standard InChI is InChI=1S/C21H18N4O2S/c22-21-23-12-17(14-10-11-14)20(24-21)18-13-25(19-9-5-4-8-16(18)19)28(26,27)15-6-2-1-3-7-15/h1-9,12-14H,10-11H2,(H2,22,23,24). The van der Waals surface area contributed by atoms with Gasteiger partial charge in [-0.05, 0) is 37.0 Å². The molecule has 2 aromatic heterocycles. The third-order valence-corrected chi connectivity index (χ3v) is 6.77. The lowest BCUT2D eigenvalue weighted by Gasteiger charge is -2.07. The first-order valence-corrected chi connectivity index (χ1v) is 10.5. The quantitative estimate of drug-likeness (QED) is 0.572. The molecular weight excluding hydrogens is 372 g/mol.